The van der Waals surface area contributed by atoms with Crippen LogP contribution < -0.4 is 5.32 Å². The van der Waals surface area contributed by atoms with Crippen LogP contribution in [0.1, 0.15) is 44.1 Å². The average Bonchev–Trinajstić information content (AvgIpc) is 2.75. The number of hydrogen-bond donors (Lipinski definition) is 2. The maximum absolute atomic E-state index is 11.4. The Morgan fingerprint density at radius 1 is 1.35 bits per heavy atom. The quantitative estimate of drug-likeness (QED) is 0.783. The molecule has 0 aliphatic carbocycles. The van der Waals surface area contributed by atoms with Crippen molar-refractivity contribution < 1.29 is 19.1 Å². The van der Waals surface area contributed by atoms with Crippen molar-refractivity contribution in [3.8, 4) is 0 Å². The zero-order chi connectivity index (χ0) is 15.2. The monoisotopic (exact) mass is 284 g/mol. The minimum absolute atomic E-state index is 0.0547. The van der Waals surface area contributed by atoms with Gasteiger partial charge < -0.3 is 14.8 Å². The topological polar surface area (TPSA) is 106 Å². The van der Waals surface area contributed by atoms with Crippen molar-refractivity contribution in [2.24, 2.45) is 0 Å². The Labute approximate surface area is 117 Å². The third kappa shape index (κ3) is 5.68. The fraction of sp³-hybridized carbons (Fsp3) is 0.667. The number of nitrogens with one attached hydrogen (secondary N) is 2. The Kier molecular flexibility index (Phi) is 5.48. The van der Waals surface area contributed by atoms with Crippen molar-refractivity contribution in [1.82, 2.24) is 20.5 Å². The fourth-order valence-corrected chi connectivity index (χ4v) is 1.29. The summed E-state index contributed by atoms with van der Waals surface area (Å²) in [5.74, 6) is -0.0745. The second kappa shape index (κ2) is 6.88. The van der Waals surface area contributed by atoms with E-state index in [4.69, 9.17) is 9.47 Å². The third-order valence-corrected chi connectivity index (χ3v) is 2.02. The molecule has 0 aromatic carbocycles. The summed E-state index contributed by atoms with van der Waals surface area (Å²) in [5.41, 5.74) is -0.536. The van der Waals surface area contributed by atoms with E-state index >= 15 is 0 Å². The molecule has 0 spiro atoms. The van der Waals surface area contributed by atoms with Gasteiger partial charge in [0.05, 0.1) is 6.61 Å². The number of amides is 1. The van der Waals surface area contributed by atoms with Crippen molar-refractivity contribution in [2.45, 2.75) is 39.7 Å². The van der Waals surface area contributed by atoms with Crippen LogP contribution in [0.5, 0.6) is 0 Å². The molecule has 20 heavy (non-hydrogen) atoms. The number of nitrogens with zero attached hydrogens (tertiary/aromatic N) is 2. The van der Waals surface area contributed by atoms with Crippen LogP contribution in [0.4, 0.5) is 4.79 Å². The number of aromatic amines is 1. The molecule has 1 aromatic rings. The molecule has 0 aliphatic rings. The van der Waals surface area contributed by atoms with Crippen molar-refractivity contribution in [1.29, 1.82) is 0 Å². The van der Waals surface area contributed by atoms with Gasteiger partial charge in [0.25, 0.3) is 0 Å². The van der Waals surface area contributed by atoms with Crippen molar-refractivity contribution in [3.63, 3.8) is 0 Å². The van der Waals surface area contributed by atoms with E-state index in [1.165, 1.54) is 0 Å². The van der Waals surface area contributed by atoms with Gasteiger partial charge in [-0.3, -0.25) is 5.10 Å². The Balaban J connectivity index is 2.36. The second-order valence-corrected chi connectivity index (χ2v) is 5.00. The predicted octanol–water partition coefficient (Wildman–Crippen LogP) is 1.05. The Morgan fingerprint density at radius 2 is 2.05 bits per heavy atom. The Bertz CT molecular complexity index is 464. The van der Waals surface area contributed by atoms with E-state index in [9.17, 15) is 9.59 Å². The number of H-pyrrole nitrogens is 1. The molecule has 1 rings (SSSR count). The number of carbonyl (C=O) groups is 2. The largest absolute Gasteiger partial charge is 0.460 e. The molecule has 1 aromatic heterocycles. The molecule has 1 amide bonds. The smallest absolute Gasteiger partial charge is 0.407 e. The summed E-state index contributed by atoms with van der Waals surface area (Å²) in [6, 6.07) is 0. The van der Waals surface area contributed by atoms with Crippen molar-refractivity contribution in [3.05, 3.63) is 11.6 Å². The van der Waals surface area contributed by atoms with E-state index in [1.807, 2.05) is 0 Å². The van der Waals surface area contributed by atoms with Gasteiger partial charge in [-0.25, -0.2) is 14.6 Å². The lowest BCUT2D eigenvalue weighted by Crippen LogP contribution is -2.33. The summed E-state index contributed by atoms with van der Waals surface area (Å²) in [7, 11) is 0. The van der Waals surface area contributed by atoms with Gasteiger partial charge in [-0.1, -0.05) is 0 Å². The maximum atomic E-state index is 11.4. The maximum Gasteiger partial charge on any atom is 0.407 e. The number of ether oxygens (including phenoxy) is 2. The molecule has 1 heterocycles. The number of hydrogen-bond acceptors (Lipinski definition) is 6. The van der Waals surface area contributed by atoms with E-state index in [0.717, 1.165) is 0 Å². The van der Waals surface area contributed by atoms with Gasteiger partial charge in [0.1, 0.15) is 5.60 Å². The fourth-order valence-electron chi connectivity index (χ4n) is 1.29. The molecule has 0 bridgehead atoms. The highest BCUT2D eigenvalue weighted by atomic mass is 16.6. The number of carbonyl (C=O) groups excluding carboxylic acids is 2. The third-order valence-electron chi connectivity index (χ3n) is 2.02. The van der Waals surface area contributed by atoms with Crippen LogP contribution in [0, 0.1) is 0 Å². The second-order valence-electron chi connectivity index (χ2n) is 5.00. The van der Waals surface area contributed by atoms with Crippen molar-refractivity contribution >= 4 is 12.1 Å². The van der Waals surface area contributed by atoms with Crippen LogP contribution in [0.3, 0.4) is 0 Å². The highest BCUT2D eigenvalue weighted by molar-refractivity contribution is 5.84. The molecule has 0 radical (unpaired) electrons. The SMILES string of the molecule is CCOC(=O)c1nc(CCNC(=O)OC(C)(C)C)n[nH]1. The molecule has 8 heteroatoms. The van der Waals surface area contributed by atoms with E-state index in [0.29, 0.717) is 18.8 Å². The highest BCUT2D eigenvalue weighted by Crippen LogP contribution is 2.06. The molecular formula is C12H20N4O4. The number of aromatic nitrogens is 3. The number of esters is 1. The molecule has 0 fully saturated rings. The average molecular weight is 284 g/mol. The normalized spacial score (nSPS) is 11.0. The molecule has 0 atom stereocenters. The first-order chi connectivity index (χ1) is 9.31. The first-order valence-corrected chi connectivity index (χ1v) is 6.37. The van der Waals surface area contributed by atoms with Gasteiger partial charge in [0.15, 0.2) is 5.82 Å². The zero-order valence-electron chi connectivity index (χ0n) is 12.1. The summed E-state index contributed by atoms with van der Waals surface area (Å²) >= 11 is 0. The summed E-state index contributed by atoms with van der Waals surface area (Å²) in [4.78, 5) is 26.7. The standard InChI is InChI=1S/C12H20N4O4/c1-5-19-10(17)9-14-8(15-16-9)6-7-13-11(18)20-12(2,3)4/h5-7H2,1-4H3,(H,13,18)(H,14,15,16). The lowest BCUT2D eigenvalue weighted by molar-refractivity contribution is 0.0506. The van der Waals surface area contributed by atoms with Crippen LogP contribution in [0.25, 0.3) is 0 Å². The number of alkyl carbamates (subject to hydrolysis) is 1. The molecule has 0 unspecified atom stereocenters. The number of rotatable bonds is 5. The summed E-state index contributed by atoms with van der Waals surface area (Å²) in [6.45, 7) is 7.65. The molecule has 112 valence electrons. The van der Waals surface area contributed by atoms with Gasteiger partial charge in [0, 0.05) is 13.0 Å². The van der Waals surface area contributed by atoms with E-state index in [1.54, 1.807) is 27.7 Å². The van der Waals surface area contributed by atoms with Crippen molar-refractivity contribution in [2.75, 3.05) is 13.2 Å². The van der Waals surface area contributed by atoms with Crippen LogP contribution in [-0.4, -0.2) is 46.0 Å². The summed E-state index contributed by atoms with van der Waals surface area (Å²) < 4.78 is 9.85. The Hall–Kier alpha value is -2.12. The van der Waals surface area contributed by atoms with Gasteiger partial charge in [-0.2, -0.15) is 5.10 Å². The molecule has 0 saturated heterocycles. The minimum Gasteiger partial charge on any atom is -0.460 e. The van der Waals surface area contributed by atoms with E-state index < -0.39 is 17.7 Å². The van der Waals surface area contributed by atoms with Gasteiger partial charge in [-0.05, 0) is 27.7 Å². The summed E-state index contributed by atoms with van der Waals surface area (Å²) in [5, 5.41) is 8.93. The van der Waals surface area contributed by atoms with Crippen LogP contribution in [-0.2, 0) is 15.9 Å². The van der Waals surface area contributed by atoms with E-state index in [2.05, 4.69) is 20.5 Å². The highest BCUT2D eigenvalue weighted by Gasteiger charge is 2.16. The van der Waals surface area contributed by atoms with Crippen LogP contribution >= 0.6 is 0 Å². The lowest BCUT2D eigenvalue weighted by atomic mass is 10.2. The van der Waals surface area contributed by atoms with Gasteiger partial charge >= 0.3 is 12.1 Å². The van der Waals surface area contributed by atoms with Crippen LogP contribution in [0.2, 0.25) is 0 Å². The first kappa shape index (κ1) is 15.9. The van der Waals surface area contributed by atoms with Crippen LogP contribution in [0.15, 0.2) is 0 Å². The molecule has 8 nitrogen and oxygen atoms in total. The molecule has 0 aliphatic heterocycles. The van der Waals surface area contributed by atoms with E-state index in [-0.39, 0.29) is 12.4 Å². The Morgan fingerprint density at radius 3 is 2.65 bits per heavy atom. The lowest BCUT2D eigenvalue weighted by Gasteiger charge is -2.19. The molecule has 2 N–H and O–H groups in total. The van der Waals surface area contributed by atoms with Gasteiger partial charge in [-0.15, -0.1) is 0 Å². The predicted molar refractivity (Wildman–Crippen MR) is 70.3 cm³/mol. The minimum atomic E-state index is -0.550. The zero-order valence-corrected chi connectivity index (χ0v) is 12.1. The molecule has 0 saturated carbocycles. The van der Waals surface area contributed by atoms with Gasteiger partial charge in [0.2, 0.25) is 5.82 Å². The summed E-state index contributed by atoms with van der Waals surface area (Å²) in [6.07, 6.45) is -0.117. The first-order valence-electron chi connectivity index (χ1n) is 6.37. The molecular weight excluding hydrogens is 264 g/mol.